The Morgan fingerprint density at radius 3 is 2.48 bits per heavy atom. The second-order valence-corrected chi connectivity index (χ2v) is 5.96. The molecule has 1 N–H and O–H groups in total. The van der Waals surface area contributed by atoms with E-state index in [0.717, 1.165) is 31.7 Å². The van der Waals surface area contributed by atoms with Crippen molar-refractivity contribution in [2.75, 3.05) is 33.3 Å². The summed E-state index contributed by atoms with van der Waals surface area (Å²) in [5.41, 5.74) is 2.40. The van der Waals surface area contributed by atoms with Crippen LogP contribution in [0.3, 0.4) is 0 Å². The summed E-state index contributed by atoms with van der Waals surface area (Å²) in [6, 6.07) is 6.18. The standard InChI is InChI=1S/C17H26N2O2/c1-13-10-14(2)12-16(11-13)21-9-8-19(3)17(20)15-4-6-18-7-5-15/h10-12,15,18H,4-9H2,1-3H3. The number of ether oxygens (including phenoxy) is 1. The van der Waals surface area contributed by atoms with E-state index in [2.05, 4.69) is 25.2 Å². The molecule has 0 bridgehead atoms. The van der Waals surface area contributed by atoms with Crippen LogP contribution in [-0.2, 0) is 4.79 Å². The van der Waals surface area contributed by atoms with Gasteiger partial charge in [-0.3, -0.25) is 4.79 Å². The van der Waals surface area contributed by atoms with Crippen LogP contribution < -0.4 is 10.1 Å². The first-order chi connectivity index (χ1) is 10.1. The third-order valence-corrected chi connectivity index (χ3v) is 3.96. The Morgan fingerprint density at radius 2 is 1.86 bits per heavy atom. The van der Waals surface area contributed by atoms with Gasteiger partial charge < -0.3 is 15.0 Å². The quantitative estimate of drug-likeness (QED) is 0.903. The summed E-state index contributed by atoms with van der Waals surface area (Å²) >= 11 is 0. The molecule has 0 aliphatic carbocycles. The molecule has 1 aromatic rings. The van der Waals surface area contributed by atoms with Gasteiger partial charge in [0.05, 0.1) is 6.54 Å². The predicted octanol–water partition coefficient (Wildman–Crippen LogP) is 2.14. The molecule has 0 unspecified atom stereocenters. The summed E-state index contributed by atoms with van der Waals surface area (Å²) in [6.45, 7) is 7.19. The number of benzene rings is 1. The largest absolute Gasteiger partial charge is 0.492 e. The van der Waals surface area contributed by atoms with Gasteiger partial charge in [-0.25, -0.2) is 0 Å². The third kappa shape index (κ3) is 4.74. The van der Waals surface area contributed by atoms with E-state index < -0.39 is 0 Å². The summed E-state index contributed by atoms with van der Waals surface area (Å²) in [5.74, 6) is 1.31. The van der Waals surface area contributed by atoms with Crippen molar-refractivity contribution >= 4 is 5.91 Å². The molecule has 1 aliphatic heterocycles. The molecule has 0 spiro atoms. The van der Waals surface area contributed by atoms with E-state index >= 15 is 0 Å². The van der Waals surface area contributed by atoms with Crippen LogP contribution in [0.2, 0.25) is 0 Å². The van der Waals surface area contributed by atoms with Gasteiger partial charge in [0, 0.05) is 13.0 Å². The Morgan fingerprint density at radius 1 is 1.24 bits per heavy atom. The number of piperidine rings is 1. The number of carbonyl (C=O) groups is 1. The van der Waals surface area contributed by atoms with Gasteiger partial charge in [-0.2, -0.15) is 0 Å². The monoisotopic (exact) mass is 290 g/mol. The Labute approximate surface area is 127 Å². The van der Waals surface area contributed by atoms with Crippen molar-refractivity contribution in [1.29, 1.82) is 0 Å². The molecule has 2 rings (SSSR count). The van der Waals surface area contributed by atoms with Gasteiger partial charge in [-0.05, 0) is 63.0 Å². The van der Waals surface area contributed by atoms with Crippen molar-refractivity contribution < 1.29 is 9.53 Å². The molecule has 0 atom stereocenters. The van der Waals surface area contributed by atoms with Gasteiger partial charge in [0.2, 0.25) is 5.91 Å². The number of nitrogens with zero attached hydrogens (tertiary/aromatic N) is 1. The average molecular weight is 290 g/mol. The second kappa shape index (κ2) is 7.46. The zero-order valence-electron chi connectivity index (χ0n) is 13.3. The maximum atomic E-state index is 12.3. The molecule has 4 heteroatoms. The van der Waals surface area contributed by atoms with Crippen molar-refractivity contribution in [2.24, 2.45) is 5.92 Å². The number of likely N-dealkylation sites (N-methyl/N-ethyl adjacent to an activating group) is 1. The molecule has 1 heterocycles. The zero-order valence-corrected chi connectivity index (χ0v) is 13.3. The normalized spacial score (nSPS) is 15.8. The Hall–Kier alpha value is -1.55. The Bertz CT molecular complexity index is 461. The lowest BCUT2D eigenvalue weighted by atomic mass is 9.97. The van der Waals surface area contributed by atoms with Gasteiger partial charge in [0.15, 0.2) is 0 Å². The van der Waals surface area contributed by atoms with Crippen LogP contribution in [0.4, 0.5) is 0 Å². The van der Waals surface area contributed by atoms with E-state index in [4.69, 9.17) is 4.74 Å². The van der Waals surface area contributed by atoms with Crippen LogP contribution in [0.25, 0.3) is 0 Å². The first kappa shape index (κ1) is 15.8. The summed E-state index contributed by atoms with van der Waals surface area (Å²) in [6.07, 6.45) is 1.89. The Kier molecular flexibility index (Phi) is 5.62. The second-order valence-electron chi connectivity index (χ2n) is 5.96. The number of aryl methyl sites for hydroxylation is 2. The molecular formula is C17H26N2O2. The van der Waals surface area contributed by atoms with Crippen LogP contribution in [0.1, 0.15) is 24.0 Å². The van der Waals surface area contributed by atoms with Crippen LogP contribution in [-0.4, -0.2) is 44.1 Å². The first-order valence-corrected chi connectivity index (χ1v) is 7.73. The minimum Gasteiger partial charge on any atom is -0.492 e. The highest BCUT2D eigenvalue weighted by atomic mass is 16.5. The molecule has 1 aliphatic rings. The van der Waals surface area contributed by atoms with Crippen LogP contribution in [0, 0.1) is 19.8 Å². The number of amides is 1. The van der Waals surface area contributed by atoms with Crippen LogP contribution in [0.15, 0.2) is 18.2 Å². The fourth-order valence-corrected chi connectivity index (χ4v) is 2.81. The highest BCUT2D eigenvalue weighted by Gasteiger charge is 2.23. The highest BCUT2D eigenvalue weighted by Crippen LogP contribution is 2.17. The Balaban J connectivity index is 1.78. The molecule has 116 valence electrons. The van der Waals surface area contributed by atoms with E-state index in [9.17, 15) is 4.79 Å². The van der Waals surface area contributed by atoms with Gasteiger partial charge >= 0.3 is 0 Å². The van der Waals surface area contributed by atoms with Crippen molar-refractivity contribution in [3.63, 3.8) is 0 Å². The molecular weight excluding hydrogens is 264 g/mol. The van der Waals surface area contributed by atoms with Crippen LogP contribution in [0.5, 0.6) is 5.75 Å². The predicted molar refractivity (Wildman–Crippen MR) is 84.6 cm³/mol. The molecule has 1 aromatic carbocycles. The number of rotatable bonds is 5. The first-order valence-electron chi connectivity index (χ1n) is 7.73. The number of nitrogens with one attached hydrogen (secondary N) is 1. The molecule has 21 heavy (non-hydrogen) atoms. The lowest BCUT2D eigenvalue weighted by Gasteiger charge is -2.26. The van der Waals surface area contributed by atoms with Crippen molar-refractivity contribution in [2.45, 2.75) is 26.7 Å². The fraction of sp³-hybridized carbons (Fsp3) is 0.588. The van der Waals surface area contributed by atoms with Gasteiger partial charge in [-0.15, -0.1) is 0 Å². The lowest BCUT2D eigenvalue weighted by Crippen LogP contribution is -2.40. The zero-order chi connectivity index (χ0) is 15.2. The maximum absolute atomic E-state index is 12.3. The lowest BCUT2D eigenvalue weighted by molar-refractivity contribution is -0.135. The average Bonchev–Trinajstić information content (AvgIpc) is 2.46. The third-order valence-electron chi connectivity index (χ3n) is 3.96. The molecule has 0 saturated carbocycles. The van der Waals surface area contributed by atoms with Crippen LogP contribution >= 0.6 is 0 Å². The van der Waals surface area contributed by atoms with Gasteiger partial charge in [0.1, 0.15) is 12.4 Å². The van der Waals surface area contributed by atoms with E-state index in [0.29, 0.717) is 13.2 Å². The summed E-state index contributed by atoms with van der Waals surface area (Å²) in [7, 11) is 1.87. The molecule has 1 amide bonds. The summed E-state index contributed by atoms with van der Waals surface area (Å²) < 4.78 is 5.77. The van der Waals surface area contributed by atoms with Gasteiger partial charge in [0.25, 0.3) is 0 Å². The summed E-state index contributed by atoms with van der Waals surface area (Å²) in [4.78, 5) is 14.1. The molecule has 1 saturated heterocycles. The highest BCUT2D eigenvalue weighted by molar-refractivity contribution is 5.78. The van der Waals surface area contributed by atoms with Crippen molar-refractivity contribution in [1.82, 2.24) is 10.2 Å². The maximum Gasteiger partial charge on any atom is 0.225 e. The van der Waals surface area contributed by atoms with E-state index in [1.165, 1.54) is 11.1 Å². The fourth-order valence-electron chi connectivity index (χ4n) is 2.81. The topological polar surface area (TPSA) is 41.6 Å². The minimum atomic E-state index is 0.178. The molecule has 4 nitrogen and oxygen atoms in total. The minimum absolute atomic E-state index is 0.178. The van der Waals surface area contributed by atoms with Gasteiger partial charge in [-0.1, -0.05) is 6.07 Å². The van der Waals surface area contributed by atoms with E-state index in [-0.39, 0.29) is 11.8 Å². The SMILES string of the molecule is Cc1cc(C)cc(OCCN(C)C(=O)C2CCNCC2)c1. The van der Waals surface area contributed by atoms with E-state index in [1.807, 2.05) is 19.2 Å². The van der Waals surface area contributed by atoms with E-state index in [1.54, 1.807) is 4.90 Å². The van der Waals surface area contributed by atoms with Crippen molar-refractivity contribution in [3.05, 3.63) is 29.3 Å². The summed E-state index contributed by atoms with van der Waals surface area (Å²) in [5, 5.41) is 3.29. The number of carbonyl (C=O) groups excluding carboxylic acids is 1. The number of hydrogen-bond acceptors (Lipinski definition) is 3. The molecule has 0 aromatic heterocycles. The number of hydrogen-bond donors (Lipinski definition) is 1. The molecule has 0 radical (unpaired) electrons. The smallest absolute Gasteiger partial charge is 0.225 e. The van der Waals surface area contributed by atoms with Crippen molar-refractivity contribution in [3.8, 4) is 5.75 Å². The molecule has 1 fully saturated rings.